The molecule has 0 bridgehead atoms. The fourth-order valence-corrected chi connectivity index (χ4v) is 2.03. The molecule has 4 heteroatoms. The maximum atomic E-state index is 12.2. The van der Waals surface area contributed by atoms with Crippen molar-refractivity contribution >= 4 is 11.6 Å². The van der Waals surface area contributed by atoms with Gasteiger partial charge in [0.05, 0.1) is 17.4 Å². The first-order chi connectivity index (χ1) is 8.31. The maximum absolute atomic E-state index is 12.2. The monoisotopic (exact) mass is 227 g/mol. The summed E-state index contributed by atoms with van der Waals surface area (Å²) in [5.74, 6) is 0.0490. The summed E-state index contributed by atoms with van der Waals surface area (Å²) in [6, 6.07) is 9.52. The number of anilines is 1. The van der Waals surface area contributed by atoms with Crippen molar-refractivity contribution in [1.29, 1.82) is 0 Å². The van der Waals surface area contributed by atoms with Crippen LogP contribution in [0.3, 0.4) is 0 Å². The Morgan fingerprint density at radius 3 is 2.65 bits per heavy atom. The van der Waals surface area contributed by atoms with E-state index in [0.717, 1.165) is 24.2 Å². The highest BCUT2D eigenvalue weighted by atomic mass is 16.2. The van der Waals surface area contributed by atoms with Crippen LogP contribution in [0.1, 0.15) is 18.5 Å². The number of carbonyl (C=O) groups excluding carboxylic acids is 1. The highest BCUT2D eigenvalue weighted by Crippen LogP contribution is 2.47. The number of amides is 1. The molecular weight excluding hydrogens is 214 g/mol. The normalized spacial score (nSPS) is 16.5. The number of hydrogen-bond acceptors (Lipinski definition) is 2. The topological polar surface area (TPSA) is 57.8 Å². The van der Waals surface area contributed by atoms with E-state index in [-0.39, 0.29) is 11.3 Å². The lowest BCUT2D eigenvalue weighted by molar-refractivity contribution is -0.118. The number of imidazole rings is 1. The summed E-state index contributed by atoms with van der Waals surface area (Å²) in [6.45, 7) is 0. The van der Waals surface area contributed by atoms with E-state index in [9.17, 15) is 4.79 Å². The minimum Gasteiger partial charge on any atom is -0.348 e. The average Bonchev–Trinajstić information content (AvgIpc) is 2.99. The molecule has 3 rings (SSSR count). The molecule has 2 aromatic rings. The van der Waals surface area contributed by atoms with Crippen LogP contribution in [-0.4, -0.2) is 15.9 Å². The second-order valence-corrected chi connectivity index (χ2v) is 4.37. The van der Waals surface area contributed by atoms with E-state index in [2.05, 4.69) is 15.3 Å². The van der Waals surface area contributed by atoms with E-state index in [0.29, 0.717) is 0 Å². The Balaban J connectivity index is 1.80. The van der Waals surface area contributed by atoms with Gasteiger partial charge < -0.3 is 10.3 Å². The number of aromatic amines is 1. The fraction of sp³-hybridized carbons (Fsp3) is 0.231. The molecule has 1 saturated carbocycles. The average molecular weight is 227 g/mol. The van der Waals surface area contributed by atoms with Gasteiger partial charge in [0.25, 0.3) is 0 Å². The number of rotatable bonds is 3. The Labute approximate surface area is 99.1 Å². The number of nitrogens with zero attached hydrogens (tertiary/aromatic N) is 1. The molecule has 86 valence electrons. The fourth-order valence-electron chi connectivity index (χ4n) is 2.03. The molecule has 1 heterocycles. The lowest BCUT2D eigenvalue weighted by atomic mass is 10.0. The number of benzene rings is 1. The van der Waals surface area contributed by atoms with Crippen molar-refractivity contribution in [2.75, 3.05) is 5.32 Å². The molecule has 1 aromatic heterocycles. The Kier molecular flexibility index (Phi) is 2.21. The van der Waals surface area contributed by atoms with E-state index < -0.39 is 0 Å². The Hall–Kier alpha value is -2.10. The summed E-state index contributed by atoms with van der Waals surface area (Å²) >= 11 is 0. The van der Waals surface area contributed by atoms with Crippen LogP contribution in [0.15, 0.2) is 42.9 Å². The predicted molar refractivity (Wildman–Crippen MR) is 64.6 cm³/mol. The molecule has 0 unspecified atom stereocenters. The van der Waals surface area contributed by atoms with Crippen molar-refractivity contribution in [3.8, 4) is 0 Å². The third-order valence-corrected chi connectivity index (χ3v) is 3.23. The van der Waals surface area contributed by atoms with Gasteiger partial charge in [-0.05, 0) is 25.0 Å². The summed E-state index contributed by atoms with van der Waals surface area (Å²) in [6.07, 6.45) is 5.12. The third kappa shape index (κ3) is 1.71. The number of aromatic nitrogens is 2. The van der Waals surface area contributed by atoms with Crippen molar-refractivity contribution in [3.05, 3.63) is 48.5 Å². The predicted octanol–water partition coefficient (Wildman–Crippen LogP) is 2.08. The smallest absolute Gasteiger partial charge is 0.236 e. The highest BCUT2D eigenvalue weighted by Gasteiger charge is 2.52. The lowest BCUT2D eigenvalue weighted by Crippen LogP contribution is -2.28. The lowest BCUT2D eigenvalue weighted by Gasteiger charge is -2.13. The molecule has 0 atom stereocenters. The number of H-pyrrole nitrogens is 1. The zero-order chi connectivity index (χ0) is 11.7. The van der Waals surface area contributed by atoms with E-state index in [1.807, 2.05) is 30.3 Å². The van der Waals surface area contributed by atoms with Gasteiger partial charge >= 0.3 is 0 Å². The van der Waals surface area contributed by atoms with Gasteiger partial charge in [-0.25, -0.2) is 4.98 Å². The van der Waals surface area contributed by atoms with Crippen molar-refractivity contribution in [1.82, 2.24) is 9.97 Å². The third-order valence-electron chi connectivity index (χ3n) is 3.23. The van der Waals surface area contributed by atoms with Gasteiger partial charge in [-0.3, -0.25) is 4.79 Å². The number of para-hydroxylation sites is 1. The van der Waals surface area contributed by atoms with Crippen molar-refractivity contribution in [2.24, 2.45) is 0 Å². The largest absolute Gasteiger partial charge is 0.348 e. The molecule has 1 aliphatic rings. The van der Waals surface area contributed by atoms with E-state index >= 15 is 0 Å². The van der Waals surface area contributed by atoms with Gasteiger partial charge in [-0.1, -0.05) is 18.2 Å². The van der Waals surface area contributed by atoms with Crippen LogP contribution < -0.4 is 5.32 Å². The van der Waals surface area contributed by atoms with E-state index in [1.54, 1.807) is 12.5 Å². The number of hydrogen-bond donors (Lipinski definition) is 2. The van der Waals surface area contributed by atoms with Gasteiger partial charge in [0.2, 0.25) is 5.91 Å². The zero-order valence-electron chi connectivity index (χ0n) is 9.31. The van der Waals surface area contributed by atoms with Gasteiger partial charge in [0, 0.05) is 11.9 Å². The minimum atomic E-state index is -0.383. The highest BCUT2D eigenvalue weighted by molar-refractivity contribution is 6.01. The minimum absolute atomic E-state index is 0.0490. The van der Waals surface area contributed by atoms with Crippen molar-refractivity contribution in [3.63, 3.8) is 0 Å². The molecule has 0 aliphatic heterocycles. The second-order valence-electron chi connectivity index (χ2n) is 4.37. The molecule has 4 nitrogen and oxygen atoms in total. The van der Waals surface area contributed by atoms with Crippen molar-refractivity contribution in [2.45, 2.75) is 18.3 Å². The Morgan fingerprint density at radius 2 is 2.06 bits per heavy atom. The molecule has 1 amide bonds. The zero-order valence-corrected chi connectivity index (χ0v) is 9.31. The van der Waals surface area contributed by atoms with E-state index in [1.165, 1.54) is 0 Å². The molecule has 0 saturated heterocycles. The van der Waals surface area contributed by atoms with Crippen LogP contribution in [0.4, 0.5) is 5.69 Å². The van der Waals surface area contributed by atoms with Crippen LogP contribution in [0.2, 0.25) is 0 Å². The molecule has 17 heavy (non-hydrogen) atoms. The first-order valence-corrected chi connectivity index (χ1v) is 5.67. The standard InChI is InChI=1S/C13H13N3O/c17-12(16-10-4-2-1-3-5-10)13(6-7-13)11-8-14-9-15-11/h1-5,8-9H,6-7H2,(H,14,15)(H,16,17). The van der Waals surface area contributed by atoms with Gasteiger partial charge in [0.15, 0.2) is 0 Å². The summed E-state index contributed by atoms with van der Waals surface area (Å²) in [5.41, 5.74) is 1.36. The summed E-state index contributed by atoms with van der Waals surface area (Å²) in [4.78, 5) is 19.3. The SMILES string of the molecule is O=C(Nc1ccccc1)C1(c2cnc[nH]2)CC1. The van der Waals surface area contributed by atoms with Gasteiger partial charge in [0.1, 0.15) is 0 Å². The maximum Gasteiger partial charge on any atom is 0.236 e. The number of nitrogens with one attached hydrogen (secondary N) is 2. The molecule has 1 fully saturated rings. The molecular formula is C13H13N3O. The Bertz CT molecular complexity index is 515. The summed E-state index contributed by atoms with van der Waals surface area (Å²) < 4.78 is 0. The number of carbonyl (C=O) groups is 1. The summed E-state index contributed by atoms with van der Waals surface area (Å²) in [7, 11) is 0. The van der Waals surface area contributed by atoms with Gasteiger partial charge in [-0.2, -0.15) is 0 Å². The molecule has 0 spiro atoms. The van der Waals surface area contributed by atoms with Crippen LogP contribution in [0, 0.1) is 0 Å². The molecule has 1 aliphatic carbocycles. The van der Waals surface area contributed by atoms with Gasteiger partial charge in [-0.15, -0.1) is 0 Å². The first kappa shape index (κ1) is 10.1. The van der Waals surface area contributed by atoms with Crippen LogP contribution in [0.25, 0.3) is 0 Å². The van der Waals surface area contributed by atoms with Crippen LogP contribution >= 0.6 is 0 Å². The Morgan fingerprint density at radius 1 is 1.29 bits per heavy atom. The summed E-state index contributed by atoms with van der Waals surface area (Å²) in [5, 5.41) is 2.95. The quantitative estimate of drug-likeness (QED) is 0.843. The van der Waals surface area contributed by atoms with E-state index in [4.69, 9.17) is 0 Å². The van der Waals surface area contributed by atoms with Crippen molar-refractivity contribution < 1.29 is 4.79 Å². The molecule has 1 aromatic carbocycles. The second kappa shape index (κ2) is 3.73. The van der Waals surface area contributed by atoms with Crippen LogP contribution in [0.5, 0.6) is 0 Å². The molecule has 2 N–H and O–H groups in total. The van der Waals surface area contributed by atoms with Crippen LogP contribution in [-0.2, 0) is 10.2 Å². The molecule has 0 radical (unpaired) electrons. The first-order valence-electron chi connectivity index (χ1n) is 5.67.